The molecule has 3 nitrogen and oxygen atoms in total. The minimum Gasteiger partial charge on any atom is -0.246 e. The normalized spacial score (nSPS) is 14.1. The average molecular weight is 193 g/mol. The Hall–Kier alpha value is -1.38. The first-order valence-electron chi connectivity index (χ1n) is 4.78. The van der Waals surface area contributed by atoms with Gasteiger partial charge in [0, 0.05) is 12.9 Å². The molecule has 3 heteroatoms. The summed E-state index contributed by atoms with van der Waals surface area (Å²) in [7, 11) is 0. The standard InChI is InChI=1S/C11H19N3/c1-6-9-13-11(8-3)14(12-5)10(4)7-2/h6,8-10H,1,5,7H2,2-4H3/b11-8+,13-9-. The van der Waals surface area contributed by atoms with Gasteiger partial charge in [-0.2, -0.15) is 5.10 Å². The van der Waals surface area contributed by atoms with Crippen LogP contribution >= 0.6 is 0 Å². The van der Waals surface area contributed by atoms with E-state index in [9.17, 15) is 0 Å². The van der Waals surface area contributed by atoms with E-state index < -0.39 is 0 Å². The molecule has 0 radical (unpaired) electrons. The Morgan fingerprint density at radius 2 is 2.21 bits per heavy atom. The van der Waals surface area contributed by atoms with E-state index in [0.717, 1.165) is 12.2 Å². The smallest absolute Gasteiger partial charge is 0.144 e. The minimum atomic E-state index is 0.306. The van der Waals surface area contributed by atoms with Crippen LogP contribution in [-0.2, 0) is 0 Å². The fourth-order valence-corrected chi connectivity index (χ4v) is 1.01. The van der Waals surface area contributed by atoms with Crippen LogP contribution in [0.4, 0.5) is 0 Å². The third kappa shape index (κ3) is 3.56. The van der Waals surface area contributed by atoms with E-state index in [2.05, 4.69) is 37.2 Å². The largest absolute Gasteiger partial charge is 0.246 e. The number of hydrogen-bond acceptors (Lipinski definition) is 3. The molecule has 0 bridgehead atoms. The zero-order valence-electron chi connectivity index (χ0n) is 9.27. The van der Waals surface area contributed by atoms with Gasteiger partial charge in [0.2, 0.25) is 0 Å². The van der Waals surface area contributed by atoms with Gasteiger partial charge in [-0.1, -0.05) is 19.6 Å². The molecule has 0 aromatic heterocycles. The van der Waals surface area contributed by atoms with Gasteiger partial charge in [0.25, 0.3) is 0 Å². The van der Waals surface area contributed by atoms with Crippen molar-refractivity contribution >= 4 is 12.9 Å². The first kappa shape index (κ1) is 12.6. The molecule has 14 heavy (non-hydrogen) atoms. The number of nitrogens with zero attached hydrogens (tertiary/aromatic N) is 3. The summed E-state index contributed by atoms with van der Waals surface area (Å²) in [5.41, 5.74) is 0. The highest BCUT2D eigenvalue weighted by atomic mass is 15.5. The maximum absolute atomic E-state index is 4.21. The maximum Gasteiger partial charge on any atom is 0.144 e. The van der Waals surface area contributed by atoms with Crippen molar-refractivity contribution in [3.05, 3.63) is 24.6 Å². The van der Waals surface area contributed by atoms with Crippen molar-refractivity contribution in [1.29, 1.82) is 0 Å². The first-order valence-corrected chi connectivity index (χ1v) is 4.78. The number of hydrogen-bond donors (Lipinski definition) is 0. The van der Waals surface area contributed by atoms with E-state index in [1.54, 1.807) is 17.3 Å². The molecule has 0 spiro atoms. The Morgan fingerprint density at radius 3 is 2.57 bits per heavy atom. The van der Waals surface area contributed by atoms with E-state index in [4.69, 9.17) is 0 Å². The number of rotatable bonds is 6. The maximum atomic E-state index is 4.21. The molecule has 0 N–H and O–H groups in total. The lowest BCUT2D eigenvalue weighted by molar-refractivity contribution is 0.273. The Balaban J connectivity index is 4.70. The molecule has 0 heterocycles. The van der Waals surface area contributed by atoms with Crippen LogP contribution in [0.25, 0.3) is 0 Å². The van der Waals surface area contributed by atoms with Crippen LogP contribution in [0.15, 0.2) is 34.6 Å². The van der Waals surface area contributed by atoms with Crippen LogP contribution < -0.4 is 0 Å². The van der Waals surface area contributed by atoms with E-state index in [1.807, 2.05) is 13.0 Å². The predicted molar refractivity (Wildman–Crippen MR) is 63.6 cm³/mol. The van der Waals surface area contributed by atoms with Crippen molar-refractivity contribution in [2.24, 2.45) is 10.1 Å². The van der Waals surface area contributed by atoms with Gasteiger partial charge in [-0.05, 0) is 26.3 Å². The molecule has 0 aromatic rings. The summed E-state index contributed by atoms with van der Waals surface area (Å²) >= 11 is 0. The lowest BCUT2D eigenvalue weighted by Crippen LogP contribution is -2.25. The highest BCUT2D eigenvalue weighted by molar-refractivity contribution is 5.71. The SMILES string of the molecule is C=C/C=N\C(=C/C)N(N=C)C(C)CC. The quantitative estimate of drug-likeness (QED) is 0.471. The van der Waals surface area contributed by atoms with Crippen LogP contribution in [0.2, 0.25) is 0 Å². The third-order valence-corrected chi connectivity index (χ3v) is 1.97. The fourth-order valence-electron chi connectivity index (χ4n) is 1.01. The lowest BCUT2D eigenvalue weighted by atomic mass is 10.2. The van der Waals surface area contributed by atoms with Gasteiger partial charge in [-0.25, -0.2) is 10.0 Å². The summed E-state index contributed by atoms with van der Waals surface area (Å²) in [6.45, 7) is 13.2. The van der Waals surface area contributed by atoms with E-state index >= 15 is 0 Å². The predicted octanol–water partition coefficient (Wildman–Crippen LogP) is 2.82. The number of allylic oxidation sites excluding steroid dienone is 2. The van der Waals surface area contributed by atoms with E-state index in [1.165, 1.54) is 0 Å². The Kier molecular flexibility index (Phi) is 6.37. The second-order valence-corrected chi connectivity index (χ2v) is 2.90. The van der Waals surface area contributed by atoms with Crippen LogP contribution in [-0.4, -0.2) is 24.0 Å². The molecule has 0 fully saturated rings. The van der Waals surface area contributed by atoms with Crippen LogP contribution in [0.1, 0.15) is 27.2 Å². The number of aliphatic imine (C=N–C) groups is 1. The summed E-state index contributed by atoms with van der Waals surface area (Å²) in [6, 6.07) is 0.306. The van der Waals surface area contributed by atoms with Crippen LogP contribution in [0, 0.1) is 0 Å². The van der Waals surface area contributed by atoms with Gasteiger partial charge >= 0.3 is 0 Å². The van der Waals surface area contributed by atoms with Crippen molar-refractivity contribution in [3.8, 4) is 0 Å². The molecule has 0 saturated heterocycles. The monoisotopic (exact) mass is 193 g/mol. The van der Waals surface area contributed by atoms with Gasteiger partial charge in [-0.3, -0.25) is 0 Å². The van der Waals surface area contributed by atoms with E-state index in [-0.39, 0.29) is 0 Å². The highest BCUT2D eigenvalue weighted by Gasteiger charge is 2.11. The molecule has 78 valence electrons. The molecule has 1 unspecified atom stereocenters. The van der Waals surface area contributed by atoms with Crippen molar-refractivity contribution < 1.29 is 0 Å². The molecule has 0 aromatic carbocycles. The summed E-state index contributed by atoms with van der Waals surface area (Å²) in [5, 5.41) is 5.76. The highest BCUT2D eigenvalue weighted by Crippen LogP contribution is 2.13. The summed E-state index contributed by atoms with van der Waals surface area (Å²) < 4.78 is 0. The molecule has 0 rings (SSSR count). The molecule has 0 amide bonds. The molecule has 0 aliphatic rings. The van der Waals surface area contributed by atoms with Crippen molar-refractivity contribution in [1.82, 2.24) is 5.01 Å². The molecule has 0 saturated carbocycles. The summed E-state index contributed by atoms with van der Waals surface area (Å²) in [6.07, 6.45) is 6.19. The zero-order valence-corrected chi connectivity index (χ0v) is 9.27. The van der Waals surface area contributed by atoms with Gasteiger partial charge in [0.15, 0.2) is 0 Å². The molecular weight excluding hydrogens is 174 g/mol. The van der Waals surface area contributed by atoms with E-state index in [0.29, 0.717) is 6.04 Å². The van der Waals surface area contributed by atoms with Crippen molar-refractivity contribution in [2.75, 3.05) is 0 Å². The van der Waals surface area contributed by atoms with Crippen molar-refractivity contribution in [2.45, 2.75) is 33.2 Å². The molecule has 0 aliphatic carbocycles. The first-order chi connectivity index (χ1) is 6.71. The van der Waals surface area contributed by atoms with Gasteiger partial charge in [-0.15, -0.1) is 0 Å². The van der Waals surface area contributed by atoms with Crippen LogP contribution in [0.3, 0.4) is 0 Å². The Morgan fingerprint density at radius 1 is 1.57 bits per heavy atom. The van der Waals surface area contributed by atoms with Crippen molar-refractivity contribution in [3.63, 3.8) is 0 Å². The van der Waals surface area contributed by atoms with Gasteiger partial charge in [0.05, 0.1) is 6.04 Å². The third-order valence-electron chi connectivity index (χ3n) is 1.97. The van der Waals surface area contributed by atoms with Gasteiger partial charge in [0.1, 0.15) is 5.82 Å². The lowest BCUT2D eigenvalue weighted by Gasteiger charge is -2.24. The topological polar surface area (TPSA) is 28.0 Å². The fraction of sp³-hybridized carbons (Fsp3) is 0.455. The summed E-state index contributed by atoms with van der Waals surface area (Å²) in [5.74, 6) is 0.800. The second-order valence-electron chi connectivity index (χ2n) is 2.90. The molecule has 0 aliphatic heterocycles. The summed E-state index contributed by atoms with van der Waals surface area (Å²) in [4.78, 5) is 4.21. The zero-order chi connectivity index (χ0) is 11.0. The molecular formula is C11H19N3. The average Bonchev–Trinajstić information content (AvgIpc) is 2.23. The Labute approximate surface area is 86.5 Å². The van der Waals surface area contributed by atoms with Gasteiger partial charge < -0.3 is 0 Å². The Bertz CT molecular complexity index is 241. The second kappa shape index (κ2) is 7.06. The number of hydrazone groups is 1. The minimum absolute atomic E-state index is 0.306. The van der Waals surface area contributed by atoms with Crippen LogP contribution in [0.5, 0.6) is 0 Å². The molecule has 1 atom stereocenters.